The maximum Gasteiger partial charge on any atom is 0.164 e. The van der Waals surface area contributed by atoms with Crippen molar-refractivity contribution in [1.82, 2.24) is 4.98 Å². The Labute approximate surface area is 320 Å². The number of hydrogen-bond acceptors (Lipinski definition) is 4. The van der Waals surface area contributed by atoms with Gasteiger partial charge in [-0.25, -0.2) is 0 Å². The normalized spacial score (nSPS) is 12.5. The van der Waals surface area contributed by atoms with E-state index < -0.39 is 0 Å². The van der Waals surface area contributed by atoms with Crippen LogP contribution in [-0.2, 0) is 36.7 Å². The Morgan fingerprint density at radius 2 is 1.47 bits per heavy atom. The molecular formula is C46H58IrNO3-. The number of benzene rings is 3. The van der Waals surface area contributed by atoms with Crippen molar-refractivity contribution >= 4 is 27.5 Å². The quantitative estimate of drug-likeness (QED) is 0.0816. The molecule has 51 heavy (non-hydrogen) atoms. The number of allylic oxidation sites excluding steroid dienone is 2. The molecule has 3 aromatic carbocycles. The Bertz CT molecular complexity index is 1950. The minimum Gasteiger partial charge on any atom is -0.512 e. The molecule has 0 spiro atoms. The molecule has 0 atom stereocenters. The maximum atomic E-state index is 12.2. The van der Waals surface area contributed by atoms with Crippen LogP contribution in [0.5, 0.6) is 0 Å². The summed E-state index contributed by atoms with van der Waals surface area (Å²) in [6, 6.07) is 25.1. The molecule has 0 aliphatic heterocycles. The molecule has 0 aliphatic rings. The molecule has 0 amide bonds. The van der Waals surface area contributed by atoms with Crippen molar-refractivity contribution < 1.29 is 34.4 Å². The summed E-state index contributed by atoms with van der Waals surface area (Å²) in [7, 11) is 0. The van der Waals surface area contributed by atoms with E-state index in [0.29, 0.717) is 5.92 Å². The predicted octanol–water partition coefficient (Wildman–Crippen LogP) is 13.3. The molecule has 5 aromatic rings. The van der Waals surface area contributed by atoms with E-state index in [1.54, 1.807) is 0 Å². The van der Waals surface area contributed by atoms with Gasteiger partial charge in [-0.2, -0.15) is 0 Å². The molecule has 0 aliphatic carbocycles. The number of furan rings is 1. The Hall–Kier alpha value is -3.53. The van der Waals surface area contributed by atoms with Crippen LogP contribution in [-0.4, -0.2) is 15.9 Å². The first-order valence-corrected chi connectivity index (χ1v) is 18.5. The van der Waals surface area contributed by atoms with Crippen LogP contribution in [0.3, 0.4) is 0 Å². The van der Waals surface area contributed by atoms with Crippen molar-refractivity contribution in [3.8, 4) is 22.4 Å². The van der Waals surface area contributed by atoms with E-state index in [4.69, 9.17) is 9.40 Å². The molecule has 0 unspecified atom stereocenters. The fourth-order valence-corrected chi connectivity index (χ4v) is 6.29. The second-order valence-corrected chi connectivity index (χ2v) is 15.8. The number of aliphatic hydroxyl groups is 1. The van der Waals surface area contributed by atoms with Crippen LogP contribution in [0, 0.1) is 22.8 Å². The zero-order chi connectivity index (χ0) is 36.9. The average Bonchev–Trinajstić information content (AvgIpc) is 3.51. The summed E-state index contributed by atoms with van der Waals surface area (Å²) < 4.78 is 5.91. The van der Waals surface area contributed by atoms with E-state index in [1.807, 2.05) is 54.0 Å². The van der Waals surface area contributed by atoms with Crippen molar-refractivity contribution in [2.24, 2.45) is 16.7 Å². The zero-order valence-corrected chi connectivity index (χ0v) is 35.1. The first kappa shape index (κ1) is 41.9. The van der Waals surface area contributed by atoms with Crippen molar-refractivity contribution in [1.29, 1.82) is 0 Å². The third kappa shape index (κ3) is 9.67. The molecule has 2 aromatic heterocycles. The van der Waals surface area contributed by atoms with Gasteiger partial charge in [-0.15, -0.1) is 29.1 Å². The van der Waals surface area contributed by atoms with Gasteiger partial charge in [-0.3, -0.25) is 9.78 Å². The molecular weight excluding hydrogens is 807 g/mol. The Morgan fingerprint density at radius 1 is 0.843 bits per heavy atom. The van der Waals surface area contributed by atoms with E-state index in [9.17, 15) is 9.90 Å². The number of pyridine rings is 1. The number of ketones is 1. The molecule has 5 rings (SSSR count). The number of aliphatic hydroxyl groups excluding tert-OH is 1. The standard InChI is InChI=1S/C31H30NO.C15H28O2.Ir/c1-20(2)14-25-19-33-30-18-21(10-11-27(25)30)22-12-13-32-29(17-22)24-15-23-8-6-7-9-26(23)28(16-24)31(3,4)5;1-7-14(5,8-2)12(16)11-13(17)15(6,9-3)10-4;/h6-13,16-20H,14H2,1-5H3;11,16H,7-10H2,1-6H3;/q-1;;/b;12-11-;. The van der Waals surface area contributed by atoms with Crippen LogP contribution in [0.4, 0.5) is 0 Å². The maximum absolute atomic E-state index is 12.2. The Balaban J connectivity index is 0.000000335. The van der Waals surface area contributed by atoms with Crippen LogP contribution in [0.1, 0.15) is 113 Å². The molecule has 4 nitrogen and oxygen atoms in total. The number of aromatic nitrogens is 1. The van der Waals surface area contributed by atoms with E-state index in [2.05, 4.69) is 101 Å². The SMILES string of the molecule is CC(C)Cc1coc2cc(-c3ccnc(-c4[c-]c5ccccc5c(C(C)(C)C)c4)c3)ccc12.CCC(C)(CC)C(=O)/C=C(\O)C(C)(CC)CC.[Ir]. The van der Waals surface area contributed by atoms with Gasteiger partial charge in [0, 0.05) is 54.3 Å². The minimum atomic E-state index is -0.337. The summed E-state index contributed by atoms with van der Waals surface area (Å²) in [6.07, 6.45) is 9.58. The van der Waals surface area contributed by atoms with Gasteiger partial charge in [-0.05, 0) is 72.3 Å². The molecule has 1 N–H and O–H groups in total. The van der Waals surface area contributed by atoms with Crippen molar-refractivity contribution in [3.05, 3.63) is 102 Å². The fraction of sp³-hybridized carbons (Fsp3) is 0.435. The summed E-state index contributed by atoms with van der Waals surface area (Å²) >= 11 is 0. The molecule has 0 saturated heterocycles. The van der Waals surface area contributed by atoms with Gasteiger partial charge in [0.1, 0.15) is 11.3 Å². The Morgan fingerprint density at radius 3 is 2.08 bits per heavy atom. The van der Waals surface area contributed by atoms with Gasteiger partial charge in [0.2, 0.25) is 0 Å². The molecule has 2 heterocycles. The number of carbonyl (C=O) groups excluding carboxylic acids is 1. The van der Waals surface area contributed by atoms with E-state index >= 15 is 0 Å². The van der Waals surface area contributed by atoms with Crippen LogP contribution in [0.2, 0.25) is 0 Å². The topological polar surface area (TPSA) is 63.3 Å². The van der Waals surface area contributed by atoms with E-state index in [-0.39, 0.29) is 47.9 Å². The molecule has 0 fully saturated rings. The molecule has 5 heteroatoms. The van der Waals surface area contributed by atoms with Gasteiger partial charge in [0.25, 0.3) is 0 Å². The summed E-state index contributed by atoms with van der Waals surface area (Å²) in [4.78, 5) is 16.9. The second kappa shape index (κ2) is 17.3. The smallest absolute Gasteiger partial charge is 0.164 e. The first-order chi connectivity index (χ1) is 23.6. The van der Waals surface area contributed by atoms with Crippen LogP contribution >= 0.6 is 0 Å². The molecule has 0 saturated carbocycles. The minimum absolute atomic E-state index is 0. The Kier molecular flexibility index (Phi) is 14.2. The van der Waals surface area contributed by atoms with Crippen molar-refractivity contribution in [2.75, 3.05) is 0 Å². The number of fused-ring (bicyclic) bond motifs is 2. The van der Waals surface area contributed by atoms with E-state index in [1.165, 1.54) is 28.0 Å². The average molecular weight is 865 g/mol. The van der Waals surface area contributed by atoms with Crippen LogP contribution < -0.4 is 0 Å². The van der Waals surface area contributed by atoms with Crippen LogP contribution in [0.15, 0.2) is 89.4 Å². The van der Waals surface area contributed by atoms with Gasteiger partial charge >= 0.3 is 0 Å². The summed E-state index contributed by atoms with van der Waals surface area (Å²) in [6.45, 7) is 23.3. The van der Waals surface area contributed by atoms with Gasteiger partial charge in [0.05, 0.1) is 6.26 Å². The molecule has 275 valence electrons. The largest absolute Gasteiger partial charge is 0.512 e. The summed E-state index contributed by atoms with van der Waals surface area (Å²) in [5.74, 6) is 0.887. The summed E-state index contributed by atoms with van der Waals surface area (Å²) in [5, 5.41) is 13.7. The van der Waals surface area contributed by atoms with Gasteiger partial charge in [-0.1, -0.05) is 124 Å². The fourth-order valence-electron chi connectivity index (χ4n) is 6.29. The zero-order valence-electron chi connectivity index (χ0n) is 32.7. The predicted molar refractivity (Wildman–Crippen MR) is 212 cm³/mol. The number of nitrogens with zero attached hydrogens (tertiary/aromatic N) is 1. The number of rotatable bonds is 11. The number of carbonyl (C=O) groups is 1. The van der Waals surface area contributed by atoms with Crippen LogP contribution in [0.25, 0.3) is 44.1 Å². The number of hydrogen-bond donors (Lipinski definition) is 1. The van der Waals surface area contributed by atoms with Gasteiger partial charge in [0.15, 0.2) is 5.78 Å². The second-order valence-electron chi connectivity index (χ2n) is 15.8. The monoisotopic (exact) mass is 865 g/mol. The van der Waals surface area contributed by atoms with Crippen molar-refractivity contribution in [2.45, 2.75) is 114 Å². The van der Waals surface area contributed by atoms with E-state index in [0.717, 1.165) is 65.5 Å². The third-order valence-corrected chi connectivity index (χ3v) is 10.8. The first-order valence-electron chi connectivity index (χ1n) is 18.5. The van der Waals surface area contributed by atoms with Gasteiger partial charge < -0.3 is 9.52 Å². The van der Waals surface area contributed by atoms with Crippen molar-refractivity contribution in [3.63, 3.8) is 0 Å². The molecule has 0 bridgehead atoms. The molecule has 1 radical (unpaired) electrons. The summed E-state index contributed by atoms with van der Waals surface area (Å²) in [5.41, 5.74) is 7.18. The third-order valence-electron chi connectivity index (χ3n) is 10.8.